The van der Waals surface area contributed by atoms with Gasteiger partial charge in [-0.15, -0.1) is 11.8 Å². The minimum atomic E-state index is -0.126. The Balaban J connectivity index is 1.70. The maximum atomic E-state index is 12.8. The maximum absolute atomic E-state index is 12.8. The number of pyridine rings is 1. The van der Waals surface area contributed by atoms with E-state index in [1.165, 1.54) is 0 Å². The standard InChI is InChI=1S/C19H23N3O2S/c1-25-18-9-4-7-15(12-18)21-19(23)22(14-17-8-5-11-24-17)13-16-6-2-3-10-20-16/h2-4,6-7,9-10,12,17H,5,8,11,13-14H2,1H3,(H,21,23)/t17-/m1/s1. The molecular weight excluding hydrogens is 334 g/mol. The van der Waals surface area contributed by atoms with Crippen molar-refractivity contribution in [1.29, 1.82) is 0 Å². The second-order valence-electron chi connectivity index (χ2n) is 6.00. The van der Waals surface area contributed by atoms with E-state index in [1.54, 1.807) is 22.9 Å². The summed E-state index contributed by atoms with van der Waals surface area (Å²) in [5, 5.41) is 3.00. The fourth-order valence-electron chi connectivity index (χ4n) is 2.84. The normalized spacial score (nSPS) is 16.6. The Bertz CT molecular complexity index is 690. The molecule has 0 bridgehead atoms. The van der Waals surface area contributed by atoms with Crippen molar-refractivity contribution in [2.75, 3.05) is 24.7 Å². The molecule has 0 spiro atoms. The van der Waals surface area contributed by atoms with Gasteiger partial charge in [-0.3, -0.25) is 4.98 Å². The van der Waals surface area contributed by atoms with E-state index >= 15 is 0 Å². The molecule has 2 amide bonds. The van der Waals surface area contributed by atoms with E-state index in [2.05, 4.69) is 10.3 Å². The molecule has 0 radical (unpaired) electrons. The van der Waals surface area contributed by atoms with Crippen LogP contribution in [0.15, 0.2) is 53.6 Å². The zero-order valence-electron chi connectivity index (χ0n) is 14.4. The number of carbonyl (C=O) groups is 1. The molecule has 1 N–H and O–H groups in total. The van der Waals surface area contributed by atoms with Gasteiger partial charge in [0, 0.05) is 29.9 Å². The van der Waals surface area contributed by atoms with Crippen LogP contribution in [-0.4, -0.2) is 41.4 Å². The Kier molecular flexibility index (Phi) is 6.30. The Hall–Kier alpha value is -2.05. The minimum Gasteiger partial charge on any atom is -0.376 e. The first-order valence-corrected chi connectivity index (χ1v) is 9.68. The third-order valence-corrected chi connectivity index (χ3v) is 4.86. The molecular formula is C19H23N3O2S. The average Bonchev–Trinajstić information content (AvgIpc) is 3.15. The van der Waals surface area contributed by atoms with Crippen LogP contribution in [0.3, 0.4) is 0 Å². The fourth-order valence-corrected chi connectivity index (χ4v) is 3.30. The summed E-state index contributed by atoms with van der Waals surface area (Å²) in [5.41, 5.74) is 1.67. The lowest BCUT2D eigenvalue weighted by molar-refractivity contribution is 0.0816. The number of ether oxygens (including phenoxy) is 1. The van der Waals surface area contributed by atoms with Gasteiger partial charge in [0.15, 0.2) is 0 Å². The molecule has 1 aromatic heterocycles. The SMILES string of the molecule is CSc1cccc(NC(=O)N(Cc2ccccn2)C[C@H]2CCCO2)c1. The summed E-state index contributed by atoms with van der Waals surface area (Å²) < 4.78 is 5.71. The molecule has 1 fully saturated rings. The van der Waals surface area contributed by atoms with Gasteiger partial charge in [0.2, 0.25) is 0 Å². The first-order valence-electron chi connectivity index (χ1n) is 8.46. The van der Waals surface area contributed by atoms with Crippen LogP contribution in [0.5, 0.6) is 0 Å². The van der Waals surface area contributed by atoms with Crippen molar-refractivity contribution >= 4 is 23.5 Å². The number of hydrogen-bond acceptors (Lipinski definition) is 4. The van der Waals surface area contributed by atoms with Gasteiger partial charge in [-0.25, -0.2) is 4.79 Å². The number of rotatable bonds is 6. The van der Waals surface area contributed by atoms with E-state index in [0.29, 0.717) is 13.1 Å². The number of carbonyl (C=O) groups excluding carboxylic acids is 1. The van der Waals surface area contributed by atoms with Crippen molar-refractivity contribution in [2.24, 2.45) is 0 Å². The van der Waals surface area contributed by atoms with Crippen LogP contribution in [0.2, 0.25) is 0 Å². The molecule has 1 aliphatic rings. The highest BCUT2D eigenvalue weighted by atomic mass is 32.2. The van der Waals surface area contributed by atoms with Gasteiger partial charge >= 0.3 is 6.03 Å². The highest BCUT2D eigenvalue weighted by molar-refractivity contribution is 7.98. The van der Waals surface area contributed by atoms with E-state index in [1.807, 2.05) is 48.7 Å². The number of hydrogen-bond donors (Lipinski definition) is 1. The van der Waals surface area contributed by atoms with E-state index < -0.39 is 0 Å². The topological polar surface area (TPSA) is 54.5 Å². The molecule has 6 heteroatoms. The number of aromatic nitrogens is 1. The number of thioether (sulfide) groups is 1. The van der Waals surface area contributed by atoms with E-state index in [0.717, 1.165) is 35.7 Å². The second-order valence-corrected chi connectivity index (χ2v) is 6.88. The molecule has 3 rings (SSSR count). The predicted octanol–water partition coefficient (Wildman–Crippen LogP) is 4.02. The highest BCUT2D eigenvalue weighted by Gasteiger charge is 2.23. The monoisotopic (exact) mass is 357 g/mol. The van der Waals surface area contributed by atoms with E-state index in [-0.39, 0.29) is 12.1 Å². The average molecular weight is 357 g/mol. The zero-order chi connectivity index (χ0) is 17.5. The van der Waals surface area contributed by atoms with Gasteiger partial charge in [0.1, 0.15) is 0 Å². The summed E-state index contributed by atoms with van der Waals surface area (Å²) in [6.45, 7) is 1.82. The predicted molar refractivity (Wildman–Crippen MR) is 101 cm³/mol. The molecule has 2 aromatic rings. The third-order valence-electron chi connectivity index (χ3n) is 4.14. The molecule has 2 heterocycles. The van der Waals surface area contributed by atoms with Gasteiger partial charge in [-0.05, 0) is 49.4 Å². The molecule has 132 valence electrons. The number of nitrogens with one attached hydrogen (secondary N) is 1. The van der Waals surface area contributed by atoms with Crippen LogP contribution in [0.1, 0.15) is 18.5 Å². The van der Waals surface area contributed by atoms with E-state index in [4.69, 9.17) is 4.74 Å². The van der Waals surface area contributed by atoms with E-state index in [9.17, 15) is 4.79 Å². The molecule has 1 atom stereocenters. The molecule has 1 saturated heterocycles. The summed E-state index contributed by atoms with van der Waals surface area (Å²) in [4.78, 5) is 20.1. The summed E-state index contributed by atoms with van der Waals surface area (Å²) >= 11 is 1.65. The summed E-state index contributed by atoms with van der Waals surface area (Å²) in [6, 6.07) is 13.5. The zero-order valence-corrected chi connectivity index (χ0v) is 15.2. The quantitative estimate of drug-likeness (QED) is 0.794. The van der Waals surface area contributed by atoms with Crippen molar-refractivity contribution in [3.05, 3.63) is 54.4 Å². The first kappa shape index (κ1) is 17.8. The van der Waals surface area contributed by atoms with Gasteiger partial charge in [0.25, 0.3) is 0 Å². The van der Waals surface area contributed by atoms with Crippen molar-refractivity contribution in [3.63, 3.8) is 0 Å². The number of anilines is 1. The largest absolute Gasteiger partial charge is 0.376 e. The molecule has 1 aliphatic heterocycles. The van der Waals surface area contributed by atoms with Crippen LogP contribution in [0.25, 0.3) is 0 Å². The van der Waals surface area contributed by atoms with Crippen LogP contribution in [0.4, 0.5) is 10.5 Å². The van der Waals surface area contributed by atoms with Crippen LogP contribution in [-0.2, 0) is 11.3 Å². The van der Waals surface area contributed by atoms with Gasteiger partial charge in [-0.2, -0.15) is 0 Å². The van der Waals surface area contributed by atoms with Crippen LogP contribution < -0.4 is 5.32 Å². The van der Waals surface area contributed by atoms with Crippen molar-refractivity contribution < 1.29 is 9.53 Å². The van der Waals surface area contributed by atoms with Crippen molar-refractivity contribution in [2.45, 2.75) is 30.4 Å². The minimum absolute atomic E-state index is 0.104. The molecule has 1 aromatic carbocycles. The number of nitrogens with zero attached hydrogens (tertiary/aromatic N) is 2. The number of amides is 2. The lowest BCUT2D eigenvalue weighted by Crippen LogP contribution is -2.39. The molecule has 25 heavy (non-hydrogen) atoms. The van der Waals surface area contributed by atoms with Crippen molar-refractivity contribution in [1.82, 2.24) is 9.88 Å². The third kappa shape index (κ3) is 5.21. The molecule has 0 aliphatic carbocycles. The summed E-state index contributed by atoms with van der Waals surface area (Å²) in [6.07, 6.45) is 5.92. The first-order chi connectivity index (χ1) is 12.2. The fraction of sp³-hybridized carbons (Fsp3) is 0.368. The smallest absolute Gasteiger partial charge is 0.322 e. The highest BCUT2D eigenvalue weighted by Crippen LogP contribution is 2.20. The van der Waals surface area contributed by atoms with Crippen LogP contribution in [0, 0.1) is 0 Å². The Labute approximate surface area is 152 Å². The molecule has 5 nitrogen and oxygen atoms in total. The molecule has 0 saturated carbocycles. The molecule has 0 unspecified atom stereocenters. The summed E-state index contributed by atoms with van der Waals surface area (Å²) in [5.74, 6) is 0. The Morgan fingerprint density at radius 2 is 2.28 bits per heavy atom. The lowest BCUT2D eigenvalue weighted by Gasteiger charge is -2.25. The van der Waals surface area contributed by atoms with Crippen molar-refractivity contribution in [3.8, 4) is 0 Å². The summed E-state index contributed by atoms with van der Waals surface area (Å²) in [7, 11) is 0. The lowest BCUT2D eigenvalue weighted by atomic mass is 10.2. The number of urea groups is 1. The van der Waals surface area contributed by atoms with Gasteiger partial charge < -0.3 is 15.0 Å². The Morgan fingerprint density at radius 3 is 3.00 bits per heavy atom. The maximum Gasteiger partial charge on any atom is 0.322 e. The Morgan fingerprint density at radius 1 is 1.36 bits per heavy atom. The van der Waals surface area contributed by atoms with Gasteiger partial charge in [0.05, 0.1) is 18.3 Å². The van der Waals surface area contributed by atoms with Crippen LogP contribution >= 0.6 is 11.8 Å². The second kappa shape index (κ2) is 8.87. The number of benzene rings is 1. The van der Waals surface area contributed by atoms with Gasteiger partial charge in [-0.1, -0.05) is 12.1 Å².